The molecule has 1 aromatic rings. The fourth-order valence-electron chi connectivity index (χ4n) is 1.33. The smallest absolute Gasteiger partial charge is 0.162 e. The molecule has 0 saturated carbocycles. The van der Waals surface area contributed by atoms with E-state index in [1.165, 1.54) is 0 Å². The highest BCUT2D eigenvalue weighted by Gasteiger charge is 2.19. The van der Waals surface area contributed by atoms with Crippen LogP contribution in [0.1, 0.15) is 26.3 Å². The Balaban J connectivity index is 3.10. The molecule has 76 valence electrons. The van der Waals surface area contributed by atoms with E-state index in [4.69, 9.17) is 0 Å². The molecule has 0 aliphatic heterocycles. The zero-order valence-electron chi connectivity index (χ0n) is 8.57. The lowest BCUT2D eigenvalue weighted by molar-refractivity contribution is -0.445. The van der Waals surface area contributed by atoms with Crippen LogP contribution in [-0.4, -0.2) is 5.03 Å². The van der Waals surface area contributed by atoms with Crippen LogP contribution >= 0.6 is 0 Å². The predicted molar refractivity (Wildman–Crippen MR) is 55.8 cm³/mol. The third kappa shape index (κ3) is 2.45. The number of hydrazine groups is 1. The van der Waals surface area contributed by atoms with Gasteiger partial charge in [0, 0.05) is 0 Å². The summed E-state index contributed by atoms with van der Waals surface area (Å²) < 4.78 is 0. The number of rotatable bonds is 2. The molecule has 0 spiro atoms. The molecule has 0 radical (unpaired) electrons. The van der Waals surface area contributed by atoms with Gasteiger partial charge in [-0.3, -0.25) is 0 Å². The van der Waals surface area contributed by atoms with Gasteiger partial charge in [0.1, 0.15) is 5.69 Å². The van der Waals surface area contributed by atoms with E-state index in [0.29, 0.717) is 5.69 Å². The molecule has 0 aliphatic rings. The van der Waals surface area contributed by atoms with Gasteiger partial charge >= 0.3 is 0 Å². The maximum atomic E-state index is 10.3. The van der Waals surface area contributed by atoms with E-state index < -0.39 is 5.03 Å². The largest absolute Gasteiger partial charge is 0.235 e. The van der Waals surface area contributed by atoms with Crippen LogP contribution < -0.4 is 5.43 Å². The van der Waals surface area contributed by atoms with Gasteiger partial charge in [0.25, 0.3) is 0 Å². The van der Waals surface area contributed by atoms with Gasteiger partial charge in [-0.15, -0.1) is 5.43 Å². The van der Waals surface area contributed by atoms with Crippen LogP contribution in [0.4, 0.5) is 5.69 Å². The van der Waals surface area contributed by atoms with E-state index in [1.54, 1.807) is 12.1 Å². The summed E-state index contributed by atoms with van der Waals surface area (Å²) in [6.45, 7) is 6.06. The molecule has 0 unspecified atom stereocenters. The van der Waals surface area contributed by atoms with Gasteiger partial charge in [-0.05, 0) is 17.0 Å². The number of nitrogens with zero attached hydrogens (tertiary/aromatic N) is 1. The molecule has 0 atom stereocenters. The van der Waals surface area contributed by atoms with E-state index in [1.807, 2.05) is 32.9 Å². The second-order valence-corrected chi connectivity index (χ2v) is 4.16. The van der Waals surface area contributed by atoms with Crippen molar-refractivity contribution < 1.29 is 5.03 Å². The number of nitrogens with one attached hydrogen (secondary N) is 1. The molecule has 0 aromatic heterocycles. The molecular weight excluding hydrogens is 180 g/mol. The van der Waals surface area contributed by atoms with Crippen LogP contribution in [0.25, 0.3) is 0 Å². The van der Waals surface area contributed by atoms with Crippen molar-refractivity contribution in [3.63, 3.8) is 0 Å². The maximum Gasteiger partial charge on any atom is 0.162 e. The summed E-state index contributed by atoms with van der Waals surface area (Å²) >= 11 is 0. The van der Waals surface area contributed by atoms with E-state index in [0.717, 1.165) is 5.56 Å². The second kappa shape index (κ2) is 3.65. The standard InChI is InChI=1S/C10H14N2O2/c1-10(2,3)8-6-4-5-7-9(8)11-12(13)14/h4-7,11H,1-3H3. The molecule has 0 saturated heterocycles. The topological polar surface area (TPSA) is 55.2 Å². The Bertz CT molecular complexity index is 342. The average Bonchev–Trinajstić information content (AvgIpc) is 2.01. The van der Waals surface area contributed by atoms with Crippen molar-refractivity contribution in [2.24, 2.45) is 0 Å². The van der Waals surface area contributed by atoms with Crippen molar-refractivity contribution >= 4 is 5.69 Å². The quantitative estimate of drug-likeness (QED) is 0.581. The lowest BCUT2D eigenvalue weighted by Crippen LogP contribution is -2.17. The van der Waals surface area contributed by atoms with Crippen molar-refractivity contribution in [2.45, 2.75) is 26.2 Å². The summed E-state index contributed by atoms with van der Waals surface area (Å²) in [5.74, 6) is 0. The van der Waals surface area contributed by atoms with E-state index in [-0.39, 0.29) is 5.41 Å². The molecule has 0 amide bonds. The van der Waals surface area contributed by atoms with Crippen molar-refractivity contribution in [1.82, 2.24) is 0 Å². The summed E-state index contributed by atoms with van der Waals surface area (Å²) in [7, 11) is 0. The van der Waals surface area contributed by atoms with E-state index in [9.17, 15) is 10.1 Å². The first-order valence-electron chi connectivity index (χ1n) is 4.42. The number of anilines is 1. The minimum absolute atomic E-state index is 0.0976. The molecule has 1 N–H and O–H groups in total. The summed E-state index contributed by atoms with van der Waals surface area (Å²) in [5, 5.41) is 9.81. The predicted octanol–water partition coefficient (Wildman–Crippen LogP) is 2.59. The lowest BCUT2D eigenvalue weighted by atomic mass is 9.86. The van der Waals surface area contributed by atoms with Gasteiger partial charge in [0.2, 0.25) is 0 Å². The molecule has 0 bridgehead atoms. The molecule has 0 fully saturated rings. The minimum atomic E-state index is -0.537. The van der Waals surface area contributed by atoms with Crippen LogP contribution in [0.3, 0.4) is 0 Å². The van der Waals surface area contributed by atoms with Crippen molar-refractivity contribution in [3.8, 4) is 0 Å². The molecular formula is C10H14N2O2. The fraction of sp³-hybridized carbons (Fsp3) is 0.400. The molecule has 0 heterocycles. The van der Waals surface area contributed by atoms with Gasteiger partial charge in [-0.25, -0.2) is 10.1 Å². The van der Waals surface area contributed by atoms with Crippen molar-refractivity contribution in [1.29, 1.82) is 0 Å². The average molecular weight is 194 g/mol. The Kier molecular flexibility index (Phi) is 2.74. The summed E-state index contributed by atoms with van der Waals surface area (Å²) in [5.41, 5.74) is 3.61. The second-order valence-electron chi connectivity index (χ2n) is 4.16. The first-order chi connectivity index (χ1) is 6.41. The third-order valence-electron chi connectivity index (χ3n) is 1.95. The monoisotopic (exact) mass is 194 g/mol. The van der Waals surface area contributed by atoms with Gasteiger partial charge < -0.3 is 0 Å². The van der Waals surface area contributed by atoms with Crippen molar-refractivity contribution in [2.75, 3.05) is 5.43 Å². The Morgan fingerprint density at radius 1 is 1.29 bits per heavy atom. The van der Waals surface area contributed by atoms with Crippen LogP contribution in [0, 0.1) is 10.1 Å². The molecule has 1 aromatic carbocycles. The van der Waals surface area contributed by atoms with E-state index >= 15 is 0 Å². The summed E-state index contributed by atoms with van der Waals surface area (Å²) in [6.07, 6.45) is 0. The first-order valence-corrected chi connectivity index (χ1v) is 4.42. The number of hydrogen-bond donors (Lipinski definition) is 1. The van der Waals surface area contributed by atoms with Gasteiger partial charge in [-0.2, -0.15) is 0 Å². The lowest BCUT2D eigenvalue weighted by Gasteiger charge is -2.20. The van der Waals surface area contributed by atoms with Gasteiger partial charge in [0.05, 0.1) is 0 Å². The number of hydrogen-bond acceptors (Lipinski definition) is 2. The normalized spacial score (nSPS) is 11.1. The van der Waals surface area contributed by atoms with Crippen LogP contribution in [0.5, 0.6) is 0 Å². The third-order valence-corrected chi connectivity index (χ3v) is 1.95. The van der Waals surface area contributed by atoms with Crippen LogP contribution in [0.15, 0.2) is 24.3 Å². The highest BCUT2D eigenvalue weighted by atomic mass is 16.7. The molecule has 14 heavy (non-hydrogen) atoms. The molecule has 0 aliphatic carbocycles. The zero-order chi connectivity index (χ0) is 10.8. The van der Waals surface area contributed by atoms with Gasteiger partial charge in [0.15, 0.2) is 5.03 Å². The Morgan fingerprint density at radius 3 is 2.36 bits per heavy atom. The summed E-state index contributed by atoms with van der Waals surface area (Å²) in [6, 6.07) is 7.27. The Morgan fingerprint density at radius 2 is 1.86 bits per heavy atom. The SMILES string of the molecule is CC(C)(C)c1ccccc1N[N+](=O)[O-]. The Labute approximate surface area is 83.1 Å². The van der Waals surface area contributed by atoms with Crippen molar-refractivity contribution in [3.05, 3.63) is 39.9 Å². The van der Waals surface area contributed by atoms with Crippen LogP contribution in [-0.2, 0) is 5.41 Å². The van der Waals surface area contributed by atoms with Crippen LogP contribution in [0.2, 0.25) is 0 Å². The molecule has 4 heteroatoms. The summed E-state index contributed by atoms with van der Waals surface area (Å²) in [4.78, 5) is 10.3. The highest BCUT2D eigenvalue weighted by Crippen LogP contribution is 2.28. The van der Waals surface area contributed by atoms with E-state index in [2.05, 4.69) is 5.43 Å². The number of para-hydroxylation sites is 1. The fourth-order valence-corrected chi connectivity index (χ4v) is 1.33. The number of benzene rings is 1. The molecule has 4 nitrogen and oxygen atoms in total. The molecule has 1 rings (SSSR count). The minimum Gasteiger partial charge on any atom is -0.235 e. The Hall–Kier alpha value is -1.58. The maximum absolute atomic E-state index is 10.3. The van der Waals surface area contributed by atoms with Gasteiger partial charge in [-0.1, -0.05) is 39.0 Å². The highest BCUT2D eigenvalue weighted by molar-refractivity contribution is 5.52. The first kappa shape index (κ1) is 10.5. The number of nitro groups is 1. The zero-order valence-corrected chi connectivity index (χ0v) is 8.57.